The molecule has 0 radical (unpaired) electrons. The lowest BCUT2D eigenvalue weighted by molar-refractivity contribution is -0.965. The number of hydrogen-bond donors (Lipinski definition) is 0. The van der Waals surface area contributed by atoms with Gasteiger partial charge in [0.15, 0.2) is 0 Å². The maximum atomic E-state index is 2.79. The summed E-state index contributed by atoms with van der Waals surface area (Å²) in [7, 11) is 0. The summed E-state index contributed by atoms with van der Waals surface area (Å²) in [6.07, 6.45) is 5.58. The zero-order valence-electron chi connectivity index (χ0n) is 15.4. The first-order chi connectivity index (χ1) is 11.7. The molecule has 0 aromatic rings. The van der Waals surface area contributed by atoms with Gasteiger partial charge in [0.2, 0.25) is 0 Å². The smallest absolute Gasteiger partial charge is 0.137 e. The molecule has 2 spiro atoms. The van der Waals surface area contributed by atoms with E-state index < -0.39 is 0 Å². The van der Waals surface area contributed by atoms with Crippen LogP contribution in [0.3, 0.4) is 0 Å². The summed E-state index contributed by atoms with van der Waals surface area (Å²) < 4.78 is 2.70. The van der Waals surface area contributed by atoms with Gasteiger partial charge in [0, 0.05) is 51.9 Å². The summed E-state index contributed by atoms with van der Waals surface area (Å²) in [4.78, 5) is 11.2. The summed E-state index contributed by atoms with van der Waals surface area (Å²) in [5, 5.41) is 0. The highest BCUT2D eigenvalue weighted by Gasteiger charge is 2.43. The molecule has 0 aromatic heterocycles. The van der Waals surface area contributed by atoms with Crippen molar-refractivity contribution in [3.8, 4) is 0 Å². The van der Waals surface area contributed by atoms with E-state index in [1.54, 1.807) is 0 Å². The first-order valence-corrected chi connectivity index (χ1v) is 10.3. The van der Waals surface area contributed by atoms with Crippen LogP contribution in [0.2, 0.25) is 0 Å². The van der Waals surface area contributed by atoms with Gasteiger partial charge >= 0.3 is 0 Å². The molecule has 5 heterocycles. The summed E-state index contributed by atoms with van der Waals surface area (Å²) in [5.41, 5.74) is 0. The topological polar surface area (TPSA) is 13.0 Å². The lowest BCUT2D eigenvalue weighted by Gasteiger charge is -2.55. The fourth-order valence-corrected chi connectivity index (χ4v) is 6.40. The molecule has 6 nitrogen and oxygen atoms in total. The van der Waals surface area contributed by atoms with Gasteiger partial charge in [-0.05, 0) is 0 Å². The highest BCUT2D eigenvalue weighted by Crippen LogP contribution is 2.27. The van der Waals surface area contributed by atoms with Gasteiger partial charge in [-0.25, -0.2) is 19.6 Å². The highest BCUT2D eigenvalue weighted by molar-refractivity contribution is 4.72. The van der Waals surface area contributed by atoms with E-state index in [-0.39, 0.29) is 0 Å². The quantitative estimate of drug-likeness (QED) is 0.586. The molecule has 6 bridgehead atoms. The number of nitrogens with zero attached hydrogens (tertiary/aromatic N) is 6. The molecule has 4 atom stereocenters. The van der Waals surface area contributed by atoms with E-state index in [1.165, 1.54) is 127 Å². The molecule has 0 aliphatic carbocycles. The minimum Gasteiger partial charge on any atom is -0.298 e. The molecular weight excluding hydrogens is 300 g/mol. The molecule has 6 heteroatoms. The molecule has 5 aliphatic rings. The zero-order valence-corrected chi connectivity index (χ0v) is 15.4. The van der Waals surface area contributed by atoms with Crippen molar-refractivity contribution in [2.75, 3.05) is 92.4 Å². The SMILES string of the molecule is C1CN2CN3CCC[N+]4(CCCN(CN5CCC[N+](C1)(C2)C5)C4)C3. The van der Waals surface area contributed by atoms with Crippen molar-refractivity contribution in [2.45, 2.75) is 25.7 Å². The Morgan fingerprint density at radius 3 is 1.00 bits per heavy atom. The van der Waals surface area contributed by atoms with Gasteiger partial charge in [-0.2, -0.15) is 0 Å². The van der Waals surface area contributed by atoms with E-state index in [1.807, 2.05) is 0 Å². The van der Waals surface area contributed by atoms with E-state index in [0.29, 0.717) is 0 Å². The third kappa shape index (κ3) is 3.02. The van der Waals surface area contributed by atoms with Crippen LogP contribution in [-0.4, -0.2) is 121 Å². The van der Waals surface area contributed by atoms with E-state index in [2.05, 4.69) is 19.6 Å². The number of hydrogen-bond acceptors (Lipinski definition) is 4. The molecule has 5 aliphatic heterocycles. The van der Waals surface area contributed by atoms with Gasteiger partial charge in [0.1, 0.15) is 26.7 Å². The Balaban J connectivity index is 1.43. The minimum atomic E-state index is 1.22. The van der Waals surface area contributed by atoms with Crippen LogP contribution < -0.4 is 0 Å². The second-order valence-electron chi connectivity index (χ2n) is 9.42. The fraction of sp³-hybridized carbons (Fsp3) is 1.00. The molecule has 24 heavy (non-hydrogen) atoms. The van der Waals surface area contributed by atoms with Crippen LogP contribution in [-0.2, 0) is 0 Å². The standard InChI is InChI=1S/C18H36N6/c1-5-19-13-20-7-3-11-24(17-20)12-4-8-22(18-24)14-21-6-2-10-23(9-1,15-19)16-21/h1-18H2/q+2. The maximum absolute atomic E-state index is 2.79. The van der Waals surface area contributed by atoms with E-state index in [0.717, 1.165) is 0 Å². The van der Waals surface area contributed by atoms with Gasteiger partial charge in [-0.3, -0.25) is 8.97 Å². The molecule has 5 fully saturated rings. The van der Waals surface area contributed by atoms with Crippen LogP contribution in [0.1, 0.15) is 25.7 Å². The van der Waals surface area contributed by atoms with Gasteiger partial charge in [0.05, 0.1) is 39.5 Å². The van der Waals surface area contributed by atoms with Crippen LogP contribution >= 0.6 is 0 Å². The summed E-state index contributed by atoms with van der Waals surface area (Å²) >= 11 is 0. The van der Waals surface area contributed by atoms with Crippen molar-refractivity contribution in [2.24, 2.45) is 0 Å². The Morgan fingerprint density at radius 2 is 0.708 bits per heavy atom. The van der Waals surface area contributed by atoms with Gasteiger partial charge in [0.25, 0.3) is 0 Å². The number of rotatable bonds is 0. The Morgan fingerprint density at radius 1 is 0.417 bits per heavy atom. The van der Waals surface area contributed by atoms with Crippen molar-refractivity contribution >= 4 is 0 Å². The molecular formula is C18H36N6+2. The normalized spacial score (nSPS) is 52.0. The van der Waals surface area contributed by atoms with E-state index in [9.17, 15) is 0 Å². The predicted octanol–water partition coefficient (Wildman–Crippen LogP) is 0.201. The van der Waals surface area contributed by atoms with Crippen molar-refractivity contribution in [3.05, 3.63) is 0 Å². The lowest BCUT2D eigenvalue weighted by Crippen LogP contribution is -2.71. The molecule has 4 unspecified atom stereocenters. The Bertz CT molecular complexity index is 386. The Labute approximate surface area is 147 Å². The molecule has 0 aromatic carbocycles. The molecule has 0 saturated carbocycles. The van der Waals surface area contributed by atoms with Gasteiger partial charge in [-0.15, -0.1) is 0 Å². The maximum Gasteiger partial charge on any atom is 0.137 e. The first kappa shape index (κ1) is 16.0. The van der Waals surface area contributed by atoms with Gasteiger partial charge in [-0.1, -0.05) is 0 Å². The van der Waals surface area contributed by atoms with E-state index >= 15 is 0 Å². The fourth-order valence-electron chi connectivity index (χ4n) is 6.40. The van der Waals surface area contributed by atoms with Crippen LogP contribution in [0.4, 0.5) is 0 Å². The Kier molecular flexibility index (Phi) is 4.11. The summed E-state index contributed by atoms with van der Waals surface area (Å²) in [6.45, 7) is 18.6. The second kappa shape index (κ2) is 6.18. The molecule has 136 valence electrons. The van der Waals surface area contributed by atoms with Crippen molar-refractivity contribution in [3.63, 3.8) is 0 Å². The number of quaternary nitrogens is 2. The first-order valence-electron chi connectivity index (χ1n) is 10.3. The predicted molar refractivity (Wildman–Crippen MR) is 94.5 cm³/mol. The largest absolute Gasteiger partial charge is 0.298 e. The number of fused-ring (bicyclic) bond motifs is 4. The van der Waals surface area contributed by atoms with Crippen molar-refractivity contribution in [1.82, 2.24) is 19.6 Å². The third-order valence-corrected chi connectivity index (χ3v) is 7.23. The summed E-state index contributed by atoms with van der Waals surface area (Å²) in [5.74, 6) is 0. The second-order valence-corrected chi connectivity index (χ2v) is 9.42. The molecule has 5 rings (SSSR count). The van der Waals surface area contributed by atoms with Crippen LogP contribution in [0, 0.1) is 0 Å². The van der Waals surface area contributed by atoms with Crippen molar-refractivity contribution in [1.29, 1.82) is 0 Å². The molecule has 5 saturated heterocycles. The minimum absolute atomic E-state index is 1.22. The van der Waals surface area contributed by atoms with E-state index in [4.69, 9.17) is 0 Å². The average molecular weight is 337 g/mol. The lowest BCUT2D eigenvalue weighted by atomic mass is 10.1. The molecule has 0 N–H and O–H groups in total. The average Bonchev–Trinajstić information content (AvgIpc) is 2.54. The third-order valence-electron chi connectivity index (χ3n) is 7.23. The van der Waals surface area contributed by atoms with Crippen LogP contribution in [0.25, 0.3) is 0 Å². The van der Waals surface area contributed by atoms with Gasteiger partial charge < -0.3 is 0 Å². The monoisotopic (exact) mass is 336 g/mol. The summed E-state index contributed by atoms with van der Waals surface area (Å²) in [6, 6.07) is 0. The van der Waals surface area contributed by atoms with Crippen molar-refractivity contribution < 1.29 is 8.97 Å². The zero-order chi connectivity index (χ0) is 16.0. The van der Waals surface area contributed by atoms with Crippen LogP contribution in [0.5, 0.6) is 0 Å². The van der Waals surface area contributed by atoms with Crippen LogP contribution in [0.15, 0.2) is 0 Å². The highest BCUT2D eigenvalue weighted by atomic mass is 15.6. The Hall–Kier alpha value is -0.240. The molecule has 0 amide bonds.